The van der Waals surface area contributed by atoms with E-state index in [4.69, 9.17) is 9.47 Å². The van der Waals surface area contributed by atoms with Gasteiger partial charge >= 0.3 is 0 Å². The third kappa shape index (κ3) is 8.17. The summed E-state index contributed by atoms with van der Waals surface area (Å²) < 4.78 is 10.6. The van der Waals surface area contributed by atoms with Crippen molar-refractivity contribution in [3.8, 4) is 5.75 Å². The molecule has 2 aromatic carbocycles. The normalized spacial score (nSPS) is 10.5. The molecule has 1 aromatic heterocycles. The maximum absolute atomic E-state index is 10.8. The molecule has 4 N–H and O–H groups in total. The van der Waals surface area contributed by atoms with Gasteiger partial charge < -0.3 is 30.5 Å². The quantitative estimate of drug-likeness (QED) is 0.233. The van der Waals surface area contributed by atoms with Crippen molar-refractivity contribution in [2.45, 2.75) is 6.92 Å². The van der Waals surface area contributed by atoms with Crippen molar-refractivity contribution in [3.05, 3.63) is 54.6 Å². The van der Waals surface area contributed by atoms with Crippen molar-refractivity contribution in [1.29, 1.82) is 0 Å². The summed E-state index contributed by atoms with van der Waals surface area (Å²) in [5.74, 6) is 1.24. The fourth-order valence-corrected chi connectivity index (χ4v) is 2.56. The van der Waals surface area contributed by atoms with Crippen LogP contribution in [0.15, 0.2) is 54.6 Å². The van der Waals surface area contributed by atoms with Crippen LogP contribution < -0.4 is 16.0 Å². The van der Waals surface area contributed by atoms with Gasteiger partial charge in [-0.25, -0.2) is 0 Å². The molecule has 0 bridgehead atoms. The van der Waals surface area contributed by atoms with E-state index >= 15 is 0 Å². The summed E-state index contributed by atoms with van der Waals surface area (Å²) in [5, 5.41) is 18.8. The van der Waals surface area contributed by atoms with Gasteiger partial charge in [-0.3, -0.25) is 4.79 Å². The summed E-state index contributed by atoms with van der Waals surface area (Å²) in [6.07, 6.45) is 0. The van der Waals surface area contributed by atoms with Gasteiger partial charge in [0.25, 0.3) is 0 Å². The monoisotopic (exact) mass is 438 g/mol. The van der Waals surface area contributed by atoms with Gasteiger partial charge in [0, 0.05) is 17.9 Å². The van der Waals surface area contributed by atoms with Gasteiger partial charge in [-0.05, 0) is 43.3 Å². The first-order valence-corrected chi connectivity index (χ1v) is 10.1. The first kappa shape index (κ1) is 22.9. The van der Waals surface area contributed by atoms with Crippen molar-refractivity contribution in [2.75, 3.05) is 48.9 Å². The predicted molar refractivity (Wildman–Crippen MR) is 122 cm³/mol. The van der Waals surface area contributed by atoms with E-state index < -0.39 is 0 Å². The van der Waals surface area contributed by atoms with Crippen LogP contribution in [0, 0.1) is 0 Å². The number of Topliss-reactive ketones (excluding diaryl/α,β-unsaturated/α-hetero) is 1. The molecule has 32 heavy (non-hydrogen) atoms. The molecule has 10 heteroatoms. The van der Waals surface area contributed by atoms with E-state index in [-0.39, 0.29) is 18.1 Å². The first-order chi connectivity index (χ1) is 15.6. The number of carbonyl (C=O) groups is 1. The van der Waals surface area contributed by atoms with Crippen LogP contribution in [0.2, 0.25) is 0 Å². The SMILES string of the molecule is CC(=O)COCCOCCNc1nc(Nc2ccccc2)nc(Nc2ccc(O)cc2)n1. The van der Waals surface area contributed by atoms with Gasteiger partial charge in [0.1, 0.15) is 12.4 Å². The average molecular weight is 438 g/mol. The second kappa shape index (κ2) is 12.2. The van der Waals surface area contributed by atoms with Crippen LogP contribution in [0.1, 0.15) is 6.92 Å². The van der Waals surface area contributed by atoms with Gasteiger partial charge in [0.05, 0.1) is 19.8 Å². The molecule has 3 aromatic rings. The Hall–Kier alpha value is -3.76. The van der Waals surface area contributed by atoms with E-state index in [1.165, 1.54) is 6.92 Å². The minimum absolute atomic E-state index is 0.0156. The number of aromatic nitrogens is 3. The number of ether oxygens (including phenoxy) is 2. The van der Waals surface area contributed by atoms with Crippen LogP contribution in [0.3, 0.4) is 0 Å². The number of nitrogens with zero attached hydrogens (tertiary/aromatic N) is 3. The Balaban J connectivity index is 1.59. The summed E-state index contributed by atoms with van der Waals surface area (Å²) in [5.41, 5.74) is 1.56. The molecular formula is C22H26N6O4. The van der Waals surface area contributed by atoms with Crippen LogP contribution in [0.5, 0.6) is 5.75 Å². The number of phenols is 1. The Morgan fingerprint density at radius 1 is 0.812 bits per heavy atom. The number of hydrogen-bond acceptors (Lipinski definition) is 10. The molecule has 0 saturated carbocycles. The molecule has 0 amide bonds. The predicted octanol–water partition coefficient (Wildman–Crippen LogP) is 3.10. The zero-order chi connectivity index (χ0) is 22.6. The lowest BCUT2D eigenvalue weighted by molar-refractivity contribution is -0.121. The molecule has 3 rings (SSSR count). The lowest BCUT2D eigenvalue weighted by Gasteiger charge is -2.12. The first-order valence-electron chi connectivity index (χ1n) is 10.1. The molecule has 0 saturated heterocycles. The second-order valence-corrected chi connectivity index (χ2v) is 6.76. The number of aromatic hydroxyl groups is 1. The maximum Gasteiger partial charge on any atom is 0.233 e. The molecule has 0 atom stereocenters. The van der Waals surface area contributed by atoms with E-state index in [0.29, 0.717) is 44.2 Å². The Kier molecular flexibility index (Phi) is 8.72. The van der Waals surface area contributed by atoms with Gasteiger partial charge in [0.2, 0.25) is 17.8 Å². The third-order valence-electron chi connectivity index (χ3n) is 4.00. The topological polar surface area (TPSA) is 131 Å². The van der Waals surface area contributed by atoms with Crippen molar-refractivity contribution in [2.24, 2.45) is 0 Å². The Bertz CT molecular complexity index is 985. The number of anilines is 5. The molecule has 0 aliphatic carbocycles. The van der Waals surface area contributed by atoms with Crippen LogP contribution in [0.25, 0.3) is 0 Å². The highest BCUT2D eigenvalue weighted by atomic mass is 16.5. The third-order valence-corrected chi connectivity index (χ3v) is 4.00. The van der Waals surface area contributed by atoms with Crippen molar-refractivity contribution < 1.29 is 19.4 Å². The highest BCUT2D eigenvalue weighted by Crippen LogP contribution is 2.20. The Labute approximate surface area is 186 Å². The van der Waals surface area contributed by atoms with Crippen molar-refractivity contribution >= 4 is 35.0 Å². The van der Waals surface area contributed by atoms with Gasteiger partial charge in [0.15, 0.2) is 5.78 Å². The van der Waals surface area contributed by atoms with E-state index in [2.05, 4.69) is 30.9 Å². The van der Waals surface area contributed by atoms with E-state index in [9.17, 15) is 9.90 Å². The van der Waals surface area contributed by atoms with E-state index in [0.717, 1.165) is 11.4 Å². The zero-order valence-corrected chi connectivity index (χ0v) is 17.7. The lowest BCUT2D eigenvalue weighted by atomic mass is 10.3. The smallest absolute Gasteiger partial charge is 0.233 e. The number of nitrogens with one attached hydrogen (secondary N) is 3. The number of ketones is 1. The average Bonchev–Trinajstić information content (AvgIpc) is 2.77. The molecule has 0 aliphatic rings. The van der Waals surface area contributed by atoms with E-state index in [1.54, 1.807) is 24.3 Å². The molecular weight excluding hydrogens is 412 g/mol. The number of hydrogen-bond donors (Lipinski definition) is 4. The second-order valence-electron chi connectivity index (χ2n) is 6.76. The molecule has 0 unspecified atom stereocenters. The Morgan fingerprint density at radius 3 is 2.06 bits per heavy atom. The molecule has 0 aliphatic heterocycles. The van der Waals surface area contributed by atoms with Crippen molar-refractivity contribution in [3.63, 3.8) is 0 Å². The summed E-state index contributed by atoms with van der Waals surface area (Å²) >= 11 is 0. The van der Waals surface area contributed by atoms with Crippen LogP contribution in [-0.2, 0) is 14.3 Å². The number of para-hydroxylation sites is 1. The number of carbonyl (C=O) groups excluding carboxylic acids is 1. The van der Waals surface area contributed by atoms with Crippen LogP contribution in [-0.4, -0.2) is 58.8 Å². The highest BCUT2D eigenvalue weighted by molar-refractivity contribution is 5.76. The zero-order valence-electron chi connectivity index (χ0n) is 17.7. The lowest BCUT2D eigenvalue weighted by Crippen LogP contribution is -2.16. The summed E-state index contributed by atoms with van der Waals surface area (Å²) in [6, 6.07) is 16.2. The molecule has 10 nitrogen and oxygen atoms in total. The standard InChI is InChI=1S/C22H26N6O4/c1-16(29)15-32-14-13-31-12-11-23-20-26-21(24-17-5-3-2-4-6-17)28-22(27-20)25-18-7-9-19(30)10-8-18/h2-10,30H,11-15H2,1H3,(H3,23,24,25,26,27,28). The molecule has 0 spiro atoms. The summed E-state index contributed by atoms with van der Waals surface area (Å²) in [6.45, 7) is 3.21. The van der Waals surface area contributed by atoms with Gasteiger partial charge in [-0.2, -0.15) is 15.0 Å². The minimum Gasteiger partial charge on any atom is -0.508 e. The number of rotatable bonds is 13. The van der Waals surface area contributed by atoms with Gasteiger partial charge in [-0.15, -0.1) is 0 Å². The van der Waals surface area contributed by atoms with Gasteiger partial charge in [-0.1, -0.05) is 18.2 Å². The molecule has 0 radical (unpaired) electrons. The highest BCUT2D eigenvalue weighted by Gasteiger charge is 2.08. The van der Waals surface area contributed by atoms with Crippen LogP contribution in [0.4, 0.5) is 29.2 Å². The molecule has 168 valence electrons. The molecule has 0 fully saturated rings. The fraction of sp³-hybridized carbons (Fsp3) is 0.273. The van der Waals surface area contributed by atoms with Crippen LogP contribution >= 0.6 is 0 Å². The maximum atomic E-state index is 10.8. The Morgan fingerprint density at radius 2 is 1.41 bits per heavy atom. The summed E-state index contributed by atoms with van der Waals surface area (Å²) in [7, 11) is 0. The van der Waals surface area contributed by atoms with Crippen molar-refractivity contribution in [1.82, 2.24) is 15.0 Å². The summed E-state index contributed by atoms with van der Waals surface area (Å²) in [4.78, 5) is 24.0. The number of benzene rings is 2. The minimum atomic E-state index is -0.0156. The number of phenolic OH excluding ortho intramolecular Hbond substituents is 1. The fourth-order valence-electron chi connectivity index (χ4n) is 2.56. The molecule has 1 heterocycles. The van der Waals surface area contributed by atoms with E-state index in [1.807, 2.05) is 30.3 Å². The largest absolute Gasteiger partial charge is 0.508 e.